The van der Waals surface area contributed by atoms with Gasteiger partial charge in [-0.25, -0.2) is 4.57 Å². The molecule has 212 valence electrons. The summed E-state index contributed by atoms with van der Waals surface area (Å²) in [4.78, 5) is 0. The minimum Gasteiger partial charge on any atom is -0.497 e. The summed E-state index contributed by atoms with van der Waals surface area (Å²) < 4.78 is 15.3. The molecule has 1 heterocycles. The monoisotopic (exact) mass is 558 g/mol. The van der Waals surface area contributed by atoms with Gasteiger partial charge in [0.15, 0.2) is 5.71 Å². The highest BCUT2D eigenvalue weighted by Gasteiger charge is 2.37. The maximum Gasteiger partial charge on any atom is 0.310 e. The molecule has 1 aliphatic rings. The molecule has 0 spiro atoms. The standard InChI is InChI=1S/C35H35N5O2/c1-41-31-22-18-28(19-23-31)36-37-33(26-12-6-3-7-13-26)35-39(29-16-10-5-11-17-29)34(27-14-8-4-9-15-27)38-40(35)30-20-24-32(42-2)25-21-30/h3-4,6-9,12-15,18-25,29H,5,10-11,16-17H2,1-2H3/p+1. The molecule has 1 aromatic heterocycles. The van der Waals surface area contributed by atoms with Gasteiger partial charge < -0.3 is 9.47 Å². The Morgan fingerprint density at radius 2 is 1.36 bits per heavy atom. The van der Waals surface area contributed by atoms with Gasteiger partial charge in [-0.2, -0.15) is 5.10 Å². The molecule has 0 saturated heterocycles. The van der Waals surface area contributed by atoms with E-state index in [4.69, 9.17) is 19.7 Å². The van der Waals surface area contributed by atoms with Crippen molar-refractivity contribution in [3.05, 3.63) is 121 Å². The third kappa shape index (κ3) is 5.77. The van der Waals surface area contributed by atoms with Crippen molar-refractivity contribution in [2.24, 2.45) is 5.10 Å². The SMILES string of the molecule is COc1ccc(N/N=C(\c2ccccc2)c2n(-c3ccc(OC)cc3)nc(-c3ccccc3)[n+]2C2CCCCC2)cc1. The van der Waals surface area contributed by atoms with Gasteiger partial charge in [-0.05, 0) is 86.3 Å². The average molecular weight is 559 g/mol. The Balaban J connectivity index is 1.60. The molecule has 5 aromatic rings. The van der Waals surface area contributed by atoms with Crippen molar-refractivity contribution in [3.63, 3.8) is 0 Å². The number of ether oxygens (including phenoxy) is 2. The molecular formula is C35H36N5O2+. The Morgan fingerprint density at radius 3 is 1.98 bits per heavy atom. The molecular weight excluding hydrogens is 522 g/mol. The van der Waals surface area contributed by atoms with Crippen LogP contribution in [0, 0.1) is 0 Å². The van der Waals surface area contributed by atoms with Gasteiger partial charge in [-0.3, -0.25) is 5.43 Å². The number of nitrogens with zero attached hydrogens (tertiary/aromatic N) is 4. The molecule has 42 heavy (non-hydrogen) atoms. The zero-order valence-electron chi connectivity index (χ0n) is 24.1. The van der Waals surface area contributed by atoms with Crippen LogP contribution in [0.15, 0.2) is 114 Å². The van der Waals surface area contributed by atoms with Crippen LogP contribution in [0.3, 0.4) is 0 Å². The number of hydrogen-bond donors (Lipinski definition) is 1. The minimum absolute atomic E-state index is 0.297. The molecule has 0 amide bonds. The van der Waals surface area contributed by atoms with Crippen LogP contribution in [-0.2, 0) is 0 Å². The van der Waals surface area contributed by atoms with E-state index in [0.29, 0.717) is 6.04 Å². The second-order valence-electron chi connectivity index (χ2n) is 10.5. The number of nitrogens with one attached hydrogen (secondary N) is 1. The number of hydrogen-bond acceptors (Lipinski definition) is 5. The lowest BCUT2D eigenvalue weighted by Crippen LogP contribution is -2.47. The number of rotatable bonds is 9. The molecule has 0 aliphatic heterocycles. The van der Waals surface area contributed by atoms with Gasteiger partial charge in [0.05, 0.1) is 36.6 Å². The van der Waals surface area contributed by atoms with E-state index in [-0.39, 0.29) is 0 Å². The molecule has 1 fully saturated rings. The van der Waals surface area contributed by atoms with E-state index in [9.17, 15) is 0 Å². The molecule has 7 nitrogen and oxygen atoms in total. The Morgan fingerprint density at radius 1 is 0.762 bits per heavy atom. The van der Waals surface area contributed by atoms with Gasteiger partial charge in [-0.15, -0.1) is 0 Å². The number of benzene rings is 4. The summed E-state index contributed by atoms with van der Waals surface area (Å²) in [7, 11) is 3.35. The van der Waals surface area contributed by atoms with Crippen molar-refractivity contribution in [2.75, 3.05) is 19.6 Å². The Bertz CT molecular complexity index is 1620. The number of anilines is 1. The maximum atomic E-state index is 5.47. The van der Waals surface area contributed by atoms with E-state index in [2.05, 4.69) is 70.7 Å². The lowest BCUT2D eigenvalue weighted by molar-refractivity contribution is -0.717. The second kappa shape index (κ2) is 12.7. The van der Waals surface area contributed by atoms with Crippen LogP contribution in [-0.4, -0.2) is 29.7 Å². The third-order valence-electron chi connectivity index (χ3n) is 7.79. The van der Waals surface area contributed by atoms with Crippen molar-refractivity contribution in [2.45, 2.75) is 38.1 Å². The van der Waals surface area contributed by atoms with E-state index in [1.54, 1.807) is 14.2 Å². The van der Waals surface area contributed by atoms with Gasteiger partial charge >= 0.3 is 5.82 Å². The lowest BCUT2D eigenvalue weighted by atomic mass is 9.94. The van der Waals surface area contributed by atoms with E-state index < -0.39 is 0 Å². The summed E-state index contributed by atoms with van der Waals surface area (Å²) in [6, 6.07) is 37.0. The van der Waals surface area contributed by atoms with Crippen molar-refractivity contribution < 1.29 is 14.0 Å². The summed E-state index contributed by atoms with van der Waals surface area (Å²) in [5.74, 6) is 3.46. The minimum atomic E-state index is 0.297. The van der Waals surface area contributed by atoms with Crippen LogP contribution in [0.25, 0.3) is 17.1 Å². The van der Waals surface area contributed by atoms with Crippen LogP contribution in [0.4, 0.5) is 5.69 Å². The van der Waals surface area contributed by atoms with Crippen LogP contribution >= 0.6 is 0 Å². The highest BCUT2D eigenvalue weighted by atomic mass is 16.5. The zero-order chi connectivity index (χ0) is 28.7. The first-order valence-electron chi connectivity index (χ1n) is 14.5. The molecule has 0 bridgehead atoms. The molecule has 0 radical (unpaired) electrons. The zero-order valence-corrected chi connectivity index (χ0v) is 24.1. The van der Waals surface area contributed by atoms with Crippen LogP contribution in [0.2, 0.25) is 0 Å². The fraction of sp³-hybridized carbons (Fsp3) is 0.229. The quantitative estimate of drug-likeness (QED) is 0.118. The van der Waals surface area contributed by atoms with Gasteiger partial charge in [0.1, 0.15) is 17.2 Å². The van der Waals surface area contributed by atoms with Gasteiger partial charge in [-0.1, -0.05) is 59.6 Å². The largest absolute Gasteiger partial charge is 0.497 e. The molecule has 1 N–H and O–H groups in total. The predicted molar refractivity (Wildman–Crippen MR) is 167 cm³/mol. The molecule has 4 aromatic carbocycles. The van der Waals surface area contributed by atoms with Gasteiger partial charge in [0.2, 0.25) is 0 Å². The van der Waals surface area contributed by atoms with E-state index in [1.807, 2.05) is 53.2 Å². The van der Waals surface area contributed by atoms with Crippen LogP contribution < -0.4 is 19.5 Å². The second-order valence-corrected chi connectivity index (χ2v) is 10.5. The van der Waals surface area contributed by atoms with Crippen LogP contribution in [0.5, 0.6) is 11.5 Å². The average Bonchev–Trinajstić information content (AvgIpc) is 3.47. The Kier molecular flexibility index (Phi) is 8.26. The summed E-state index contributed by atoms with van der Waals surface area (Å²) in [5, 5.41) is 10.4. The predicted octanol–water partition coefficient (Wildman–Crippen LogP) is 7.21. The molecule has 7 heteroatoms. The number of aromatic nitrogens is 3. The molecule has 6 rings (SSSR count). The van der Waals surface area contributed by atoms with E-state index >= 15 is 0 Å². The third-order valence-corrected chi connectivity index (χ3v) is 7.79. The first-order valence-corrected chi connectivity index (χ1v) is 14.5. The Labute approximate surface area is 247 Å². The Hall–Kier alpha value is -4.91. The van der Waals surface area contributed by atoms with Crippen molar-refractivity contribution >= 4 is 11.4 Å². The van der Waals surface area contributed by atoms with Crippen LogP contribution in [0.1, 0.15) is 49.5 Å². The highest BCUT2D eigenvalue weighted by Crippen LogP contribution is 2.29. The molecule has 0 unspecified atom stereocenters. The maximum absolute atomic E-state index is 5.47. The summed E-state index contributed by atoms with van der Waals surface area (Å²) in [6.45, 7) is 0. The smallest absolute Gasteiger partial charge is 0.310 e. The van der Waals surface area contributed by atoms with Gasteiger partial charge in [0.25, 0.3) is 5.82 Å². The van der Waals surface area contributed by atoms with Crippen molar-refractivity contribution in [1.82, 2.24) is 9.78 Å². The highest BCUT2D eigenvalue weighted by molar-refractivity contribution is 6.10. The van der Waals surface area contributed by atoms with Crippen molar-refractivity contribution in [3.8, 4) is 28.6 Å². The molecule has 1 saturated carbocycles. The van der Waals surface area contributed by atoms with E-state index in [0.717, 1.165) is 64.2 Å². The van der Waals surface area contributed by atoms with E-state index in [1.165, 1.54) is 19.3 Å². The van der Waals surface area contributed by atoms with Gasteiger partial charge in [0, 0.05) is 5.56 Å². The first-order chi connectivity index (χ1) is 20.7. The number of methoxy groups -OCH3 is 2. The first kappa shape index (κ1) is 27.3. The fourth-order valence-electron chi connectivity index (χ4n) is 5.61. The normalized spacial score (nSPS) is 14.0. The summed E-state index contributed by atoms with van der Waals surface area (Å²) >= 11 is 0. The fourth-order valence-corrected chi connectivity index (χ4v) is 5.61. The van der Waals surface area contributed by atoms with Crippen molar-refractivity contribution in [1.29, 1.82) is 0 Å². The lowest BCUT2D eigenvalue weighted by Gasteiger charge is -2.22. The molecule has 1 aliphatic carbocycles. The number of hydrazone groups is 1. The molecule has 0 atom stereocenters. The summed E-state index contributed by atoms with van der Waals surface area (Å²) in [5.41, 5.74) is 8.01. The topological polar surface area (TPSA) is 64.5 Å². The summed E-state index contributed by atoms with van der Waals surface area (Å²) in [6.07, 6.45) is 5.85.